The van der Waals surface area contributed by atoms with E-state index in [1.807, 2.05) is 19.1 Å². The molecule has 2 aromatic heterocycles. The minimum atomic E-state index is 0.726. The van der Waals surface area contributed by atoms with E-state index in [0.29, 0.717) is 0 Å². The molecule has 0 atom stereocenters. The van der Waals surface area contributed by atoms with Gasteiger partial charge in [-0.1, -0.05) is 6.42 Å². The van der Waals surface area contributed by atoms with Crippen LogP contribution < -0.4 is 5.73 Å². The van der Waals surface area contributed by atoms with Crippen molar-refractivity contribution in [3.63, 3.8) is 0 Å². The normalized spacial score (nSPS) is 15.0. The van der Waals surface area contributed by atoms with E-state index in [1.54, 1.807) is 11.8 Å². The van der Waals surface area contributed by atoms with Gasteiger partial charge in [0.05, 0.1) is 11.4 Å². The van der Waals surface area contributed by atoms with E-state index in [4.69, 9.17) is 5.73 Å². The molecule has 0 fully saturated rings. The van der Waals surface area contributed by atoms with Crippen molar-refractivity contribution in [3.8, 4) is 0 Å². The fourth-order valence-corrected chi connectivity index (χ4v) is 3.13. The summed E-state index contributed by atoms with van der Waals surface area (Å²) in [6.45, 7) is 2.93. The third kappa shape index (κ3) is 2.58. The number of anilines is 1. The highest BCUT2D eigenvalue weighted by Crippen LogP contribution is 2.28. The van der Waals surface area contributed by atoms with Crippen molar-refractivity contribution in [2.75, 3.05) is 5.73 Å². The molecule has 1 aliphatic rings. The number of hydrogen-bond acceptors (Lipinski definition) is 5. The molecule has 0 aliphatic carbocycles. The molecule has 0 spiro atoms. The predicted molar refractivity (Wildman–Crippen MR) is 75.1 cm³/mol. The van der Waals surface area contributed by atoms with Gasteiger partial charge in [-0.3, -0.25) is 0 Å². The molecule has 3 heterocycles. The van der Waals surface area contributed by atoms with E-state index >= 15 is 0 Å². The van der Waals surface area contributed by atoms with Gasteiger partial charge in [-0.2, -0.15) is 0 Å². The maximum absolute atomic E-state index is 5.79. The Bertz CT molecular complexity index is 593. The molecule has 100 valence electrons. The number of hydrogen-bond donors (Lipinski definition) is 1. The van der Waals surface area contributed by atoms with Gasteiger partial charge in [0.1, 0.15) is 10.9 Å². The second kappa shape index (κ2) is 5.21. The van der Waals surface area contributed by atoms with Crippen LogP contribution >= 0.6 is 11.8 Å². The Kier molecular flexibility index (Phi) is 3.42. The van der Waals surface area contributed by atoms with Crippen molar-refractivity contribution in [2.24, 2.45) is 0 Å². The number of nitrogen functional groups attached to an aromatic ring is 1. The van der Waals surface area contributed by atoms with E-state index in [2.05, 4.69) is 19.7 Å². The van der Waals surface area contributed by atoms with Gasteiger partial charge < -0.3 is 10.3 Å². The first-order valence-corrected chi connectivity index (χ1v) is 7.39. The lowest BCUT2D eigenvalue weighted by Crippen LogP contribution is -2.02. The molecule has 0 radical (unpaired) electrons. The van der Waals surface area contributed by atoms with Gasteiger partial charge in [0.25, 0.3) is 0 Å². The molecule has 0 saturated heterocycles. The molecule has 0 aromatic carbocycles. The topological polar surface area (TPSA) is 69.6 Å². The highest BCUT2D eigenvalue weighted by Gasteiger charge is 2.16. The average Bonchev–Trinajstić information content (AvgIpc) is 2.63. The third-order valence-corrected chi connectivity index (χ3v) is 4.29. The first-order chi connectivity index (χ1) is 9.24. The van der Waals surface area contributed by atoms with Gasteiger partial charge in [-0.05, 0) is 43.7 Å². The van der Waals surface area contributed by atoms with E-state index in [-0.39, 0.29) is 0 Å². The smallest absolute Gasteiger partial charge is 0.197 e. The number of fused-ring (bicyclic) bond motifs is 1. The lowest BCUT2D eigenvalue weighted by Gasteiger charge is -2.06. The van der Waals surface area contributed by atoms with Crippen LogP contribution in [0.4, 0.5) is 5.69 Å². The zero-order valence-corrected chi connectivity index (χ0v) is 11.8. The maximum Gasteiger partial charge on any atom is 0.197 e. The molecule has 3 rings (SSSR count). The van der Waals surface area contributed by atoms with E-state index in [1.165, 1.54) is 19.3 Å². The summed E-state index contributed by atoms with van der Waals surface area (Å²) in [7, 11) is 0. The second-order valence-corrected chi connectivity index (χ2v) is 5.77. The molecule has 6 heteroatoms. The Morgan fingerprint density at radius 3 is 2.95 bits per heavy atom. The van der Waals surface area contributed by atoms with Gasteiger partial charge in [0.15, 0.2) is 5.16 Å². The average molecular weight is 275 g/mol. The lowest BCUT2D eigenvalue weighted by atomic mass is 10.2. The van der Waals surface area contributed by atoms with Gasteiger partial charge in [-0.15, -0.1) is 10.2 Å². The van der Waals surface area contributed by atoms with Crippen LogP contribution in [-0.2, 0) is 13.0 Å². The molecule has 19 heavy (non-hydrogen) atoms. The summed E-state index contributed by atoms with van der Waals surface area (Å²) >= 11 is 1.56. The third-order valence-electron chi connectivity index (χ3n) is 3.37. The van der Waals surface area contributed by atoms with Crippen LogP contribution in [0.3, 0.4) is 0 Å². The SMILES string of the molecule is Cc1nc(Sc2nnc3n2CCCCC3)ccc1N. The van der Waals surface area contributed by atoms with Crippen molar-refractivity contribution in [3.05, 3.63) is 23.7 Å². The van der Waals surface area contributed by atoms with Crippen molar-refractivity contribution < 1.29 is 0 Å². The van der Waals surface area contributed by atoms with E-state index < -0.39 is 0 Å². The van der Waals surface area contributed by atoms with Crippen LogP contribution in [0.25, 0.3) is 0 Å². The fraction of sp³-hybridized carbons (Fsp3) is 0.462. The zero-order valence-electron chi connectivity index (χ0n) is 11.0. The largest absolute Gasteiger partial charge is 0.397 e. The summed E-state index contributed by atoms with van der Waals surface area (Å²) in [6, 6.07) is 3.83. The quantitative estimate of drug-likeness (QED) is 0.911. The number of aryl methyl sites for hydroxylation is 2. The molecular formula is C13H17N5S. The Balaban J connectivity index is 1.87. The molecule has 2 aromatic rings. The Morgan fingerprint density at radius 2 is 2.11 bits per heavy atom. The number of nitrogens with zero attached hydrogens (tertiary/aromatic N) is 4. The van der Waals surface area contributed by atoms with Gasteiger partial charge in [0, 0.05) is 13.0 Å². The van der Waals surface area contributed by atoms with Crippen LogP contribution in [0.2, 0.25) is 0 Å². The highest BCUT2D eigenvalue weighted by atomic mass is 32.2. The molecule has 0 bridgehead atoms. The maximum atomic E-state index is 5.79. The van der Waals surface area contributed by atoms with Gasteiger partial charge >= 0.3 is 0 Å². The summed E-state index contributed by atoms with van der Waals surface area (Å²) in [5, 5.41) is 10.4. The van der Waals surface area contributed by atoms with Crippen LogP contribution in [-0.4, -0.2) is 19.7 Å². The minimum Gasteiger partial charge on any atom is -0.397 e. The summed E-state index contributed by atoms with van der Waals surface area (Å²) in [4.78, 5) is 4.48. The molecular weight excluding hydrogens is 258 g/mol. The summed E-state index contributed by atoms with van der Waals surface area (Å²) in [5.41, 5.74) is 7.38. The Labute approximate surface area is 116 Å². The number of aromatic nitrogens is 4. The minimum absolute atomic E-state index is 0.726. The molecule has 1 aliphatic heterocycles. The molecule has 0 amide bonds. The predicted octanol–water partition coefficient (Wildman–Crippen LogP) is 2.44. The van der Waals surface area contributed by atoms with Gasteiger partial charge in [-0.25, -0.2) is 4.98 Å². The van der Waals surface area contributed by atoms with Crippen LogP contribution in [0.1, 0.15) is 30.8 Å². The van der Waals surface area contributed by atoms with E-state index in [0.717, 1.165) is 40.4 Å². The fourth-order valence-electron chi connectivity index (χ4n) is 2.23. The first-order valence-electron chi connectivity index (χ1n) is 6.57. The monoisotopic (exact) mass is 275 g/mol. The Hall–Kier alpha value is -1.56. The second-order valence-electron chi connectivity index (χ2n) is 4.79. The molecule has 0 unspecified atom stereocenters. The molecule has 0 saturated carbocycles. The van der Waals surface area contributed by atoms with Crippen LogP contribution in [0.15, 0.2) is 22.3 Å². The summed E-state index contributed by atoms with van der Waals surface area (Å²) in [6.07, 6.45) is 4.71. The summed E-state index contributed by atoms with van der Waals surface area (Å²) in [5.74, 6) is 1.10. The first kappa shape index (κ1) is 12.5. The summed E-state index contributed by atoms with van der Waals surface area (Å²) < 4.78 is 2.23. The van der Waals surface area contributed by atoms with Crippen LogP contribution in [0.5, 0.6) is 0 Å². The van der Waals surface area contributed by atoms with Crippen molar-refractivity contribution in [2.45, 2.75) is 49.3 Å². The lowest BCUT2D eigenvalue weighted by molar-refractivity contribution is 0.590. The molecule has 2 N–H and O–H groups in total. The number of pyridine rings is 1. The standard InChI is InChI=1S/C13H17N5S/c1-9-10(14)6-7-12(15-9)19-13-17-16-11-5-3-2-4-8-18(11)13/h6-7H,2-5,8,14H2,1H3. The zero-order chi connectivity index (χ0) is 13.2. The number of rotatable bonds is 2. The number of nitrogens with two attached hydrogens (primary N) is 1. The van der Waals surface area contributed by atoms with Crippen molar-refractivity contribution in [1.29, 1.82) is 0 Å². The highest BCUT2D eigenvalue weighted by molar-refractivity contribution is 7.99. The van der Waals surface area contributed by atoms with Crippen LogP contribution in [0, 0.1) is 6.92 Å². The van der Waals surface area contributed by atoms with E-state index in [9.17, 15) is 0 Å². The molecule has 5 nitrogen and oxygen atoms in total. The van der Waals surface area contributed by atoms with Crippen molar-refractivity contribution in [1.82, 2.24) is 19.7 Å². The Morgan fingerprint density at radius 1 is 1.21 bits per heavy atom. The van der Waals surface area contributed by atoms with Crippen molar-refractivity contribution >= 4 is 17.4 Å². The van der Waals surface area contributed by atoms with Gasteiger partial charge in [0.2, 0.25) is 0 Å².